The SMILES string of the molecule is O=C(COC(=O)CCN1C(=O)[C@@H]2CCCC[C@H]2C1=O)N[C@H]1CCS(=O)(=O)C1. The molecule has 0 bridgehead atoms. The first-order valence-corrected chi connectivity index (χ1v) is 11.1. The lowest BCUT2D eigenvalue weighted by molar-refractivity contribution is -0.150. The molecule has 2 heterocycles. The number of hydrogen-bond acceptors (Lipinski definition) is 7. The number of likely N-dealkylation sites (tertiary alicyclic amines) is 1. The largest absolute Gasteiger partial charge is 0.456 e. The van der Waals surface area contributed by atoms with Crippen molar-refractivity contribution in [2.24, 2.45) is 11.8 Å². The van der Waals surface area contributed by atoms with E-state index in [0.717, 1.165) is 17.7 Å². The fourth-order valence-electron chi connectivity index (χ4n) is 4.05. The maximum absolute atomic E-state index is 12.3. The van der Waals surface area contributed by atoms with Gasteiger partial charge in [-0.3, -0.25) is 24.1 Å². The van der Waals surface area contributed by atoms with Crippen LogP contribution in [0.1, 0.15) is 38.5 Å². The summed E-state index contributed by atoms with van der Waals surface area (Å²) in [6.07, 6.45) is 3.49. The number of imide groups is 1. The number of carbonyl (C=O) groups excluding carboxylic acids is 4. The van der Waals surface area contributed by atoms with Gasteiger partial charge in [-0.05, 0) is 19.3 Å². The van der Waals surface area contributed by atoms with E-state index in [9.17, 15) is 27.6 Å². The Morgan fingerprint density at radius 1 is 1.07 bits per heavy atom. The van der Waals surface area contributed by atoms with Gasteiger partial charge in [-0.1, -0.05) is 12.8 Å². The van der Waals surface area contributed by atoms with Crippen LogP contribution in [0, 0.1) is 11.8 Å². The number of nitrogens with zero attached hydrogens (tertiary/aromatic N) is 1. The molecule has 9 nitrogen and oxygen atoms in total. The van der Waals surface area contributed by atoms with Gasteiger partial charge in [0.25, 0.3) is 5.91 Å². The van der Waals surface area contributed by atoms with Crippen LogP contribution in [0.3, 0.4) is 0 Å². The fourth-order valence-corrected chi connectivity index (χ4v) is 5.72. The summed E-state index contributed by atoms with van der Waals surface area (Å²) in [5, 5.41) is 2.52. The molecule has 0 aromatic carbocycles. The standard InChI is InChI=1S/C17H24N2O7S/c20-14(18-11-6-8-27(24,25)10-11)9-26-15(21)5-7-19-16(22)12-3-1-2-4-13(12)17(19)23/h11-13H,1-10H2,(H,18,20)/t11-,12+,13+/m0/s1. The van der Waals surface area contributed by atoms with Crippen LogP contribution in [0.2, 0.25) is 0 Å². The minimum absolute atomic E-state index is 0.0357. The second-order valence-electron chi connectivity index (χ2n) is 7.40. The second kappa shape index (κ2) is 7.95. The van der Waals surface area contributed by atoms with Crippen LogP contribution in [0.4, 0.5) is 0 Å². The van der Waals surface area contributed by atoms with Gasteiger partial charge in [0.1, 0.15) is 0 Å². The van der Waals surface area contributed by atoms with E-state index in [1.54, 1.807) is 0 Å². The minimum atomic E-state index is -3.10. The highest BCUT2D eigenvalue weighted by Crippen LogP contribution is 2.37. The number of ether oxygens (including phenoxy) is 1. The van der Waals surface area contributed by atoms with E-state index >= 15 is 0 Å². The number of esters is 1. The van der Waals surface area contributed by atoms with E-state index in [-0.39, 0.29) is 48.1 Å². The smallest absolute Gasteiger partial charge is 0.308 e. The first-order valence-electron chi connectivity index (χ1n) is 9.27. The maximum atomic E-state index is 12.3. The predicted octanol–water partition coefficient (Wildman–Crippen LogP) is -0.602. The lowest BCUT2D eigenvalue weighted by Crippen LogP contribution is -2.38. The molecule has 0 spiro atoms. The van der Waals surface area contributed by atoms with E-state index in [1.807, 2.05) is 0 Å². The number of carbonyl (C=O) groups is 4. The Hall–Kier alpha value is -1.97. The number of fused-ring (bicyclic) bond motifs is 1. The van der Waals surface area contributed by atoms with Crippen molar-refractivity contribution in [1.29, 1.82) is 0 Å². The molecule has 2 aliphatic heterocycles. The van der Waals surface area contributed by atoms with Crippen LogP contribution in [0.15, 0.2) is 0 Å². The van der Waals surface area contributed by atoms with E-state index in [1.165, 1.54) is 0 Å². The lowest BCUT2D eigenvalue weighted by atomic mass is 9.81. The summed E-state index contributed by atoms with van der Waals surface area (Å²) < 4.78 is 27.6. The number of hydrogen-bond donors (Lipinski definition) is 1. The molecular weight excluding hydrogens is 376 g/mol. The zero-order valence-electron chi connectivity index (χ0n) is 15.0. The van der Waals surface area contributed by atoms with E-state index in [2.05, 4.69) is 5.32 Å². The Balaban J connectivity index is 1.39. The molecule has 2 saturated heterocycles. The Labute approximate surface area is 157 Å². The van der Waals surface area contributed by atoms with Gasteiger partial charge in [0, 0.05) is 12.6 Å². The summed E-state index contributed by atoms with van der Waals surface area (Å²) in [4.78, 5) is 49.3. The number of nitrogens with one attached hydrogen (secondary N) is 1. The van der Waals surface area contributed by atoms with Gasteiger partial charge in [0.15, 0.2) is 16.4 Å². The van der Waals surface area contributed by atoms with Crippen molar-refractivity contribution >= 4 is 33.5 Å². The lowest BCUT2D eigenvalue weighted by Gasteiger charge is -2.19. The Kier molecular flexibility index (Phi) is 5.83. The highest BCUT2D eigenvalue weighted by Gasteiger charge is 2.47. The van der Waals surface area contributed by atoms with Gasteiger partial charge < -0.3 is 10.1 Å². The molecule has 0 radical (unpaired) electrons. The van der Waals surface area contributed by atoms with Crippen LogP contribution in [0.25, 0.3) is 0 Å². The van der Waals surface area contributed by atoms with Crippen LogP contribution in [-0.2, 0) is 33.8 Å². The molecule has 3 amide bonds. The third-order valence-electron chi connectivity index (χ3n) is 5.43. The van der Waals surface area contributed by atoms with Crippen molar-refractivity contribution in [3.8, 4) is 0 Å². The molecule has 1 N–H and O–H groups in total. The van der Waals surface area contributed by atoms with Gasteiger partial charge >= 0.3 is 5.97 Å². The zero-order chi connectivity index (χ0) is 19.6. The van der Waals surface area contributed by atoms with Crippen molar-refractivity contribution in [2.45, 2.75) is 44.6 Å². The highest BCUT2D eigenvalue weighted by molar-refractivity contribution is 7.91. The van der Waals surface area contributed by atoms with Crippen LogP contribution < -0.4 is 5.32 Å². The van der Waals surface area contributed by atoms with Crippen LogP contribution in [0.5, 0.6) is 0 Å². The zero-order valence-corrected chi connectivity index (χ0v) is 15.8. The summed E-state index contributed by atoms with van der Waals surface area (Å²) in [7, 11) is -3.10. The van der Waals surface area contributed by atoms with Crippen LogP contribution >= 0.6 is 0 Å². The Bertz CT molecular complexity index is 724. The summed E-state index contributed by atoms with van der Waals surface area (Å²) in [5.74, 6) is -2.24. The molecule has 27 heavy (non-hydrogen) atoms. The van der Waals surface area contributed by atoms with E-state index < -0.39 is 34.4 Å². The molecule has 1 saturated carbocycles. The third-order valence-corrected chi connectivity index (χ3v) is 7.20. The van der Waals surface area contributed by atoms with Crippen molar-refractivity contribution in [1.82, 2.24) is 10.2 Å². The predicted molar refractivity (Wildman–Crippen MR) is 92.9 cm³/mol. The molecule has 0 aromatic rings. The highest BCUT2D eigenvalue weighted by atomic mass is 32.2. The minimum Gasteiger partial charge on any atom is -0.456 e. The van der Waals surface area contributed by atoms with Gasteiger partial charge in [-0.25, -0.2) is 8.42 Å². The molecule has 0 unspecified atom stereocenters. The molecule has 3 rings (SSSR count). The molecule has 10 heteroatoms. The summed E-state index contributed by atoms with van der Waals surface area (Å²) in [6.45, 7) is -0.547. The topological polar surface area (TPSA) is 127 Å². The molecule has 0 aromatic heterocycles. The summed E-state index contributed by atoms with van der Waals surface area (Å²) in [5.41, 5.74) is 0. The normalized spacial score (nSPS) is 29.5. The molecule has 1 aliphatic carbocycles. The maximum Gasteiger partial charge on any atom is 0.308 e. The van der Waals surface area contributed by atoms with Crippen LogP contribution in [-0.4, -0.2) is 67.7 Å². The van der Waals surface area contributed by atoms with Gasteiger partial charge in [0.05, 0.1) is 29.8 Å². The Morgan fingerprint density at radius 3 is 2.26 bits per heavy atom. The molecular formula is C17H24N2O7S. The molecule has 3 aliphatic rings. The summed E-state index contributed by atoms with van der Waals surface area (Å²) in [6, 6.07) is -0.454. The third kappa shape index (κ3) is 4.66. The summed E-state index contributed by atoms with van der Waals surface area (Å²) >= 11 is 0. The average molecular weight is 400 g/mol. The van der Waals surface area contributed by atoms with Gasteiger partial charge in [0.2, 0.25) is 11.8 Å². The number of rotatable bonds is 6. The number of amides is 3. The van der Waals surface area contributed by atoms with E-state index in [4.69, 9.17) is 4.74 Å². The Morgan fingerprint density at radius 2 is 1.70 bits per heavy atom. The van der Waals surface area contributed by atoms with Crippen molar-refractivity contribution < 1.29 is 32.3 Å². The van der Waals surface area contributed by atoms with E-state index in [0.29, 0.717) is 19.3 Å². The van der Waals surface area contributed by atoms with Gasteiger partial charge in [-0.15, -0.1) is 0 Å². The van der Waals surface area contributed by atoms with Crippen molar-refractivity contribution in [3.63, 3.8) is 0 Å². The molecule has 3 fully saturated rings. The molecule has 150 valence electrons. The monoisotopic (exact) mass is 400 g/mol. The second-order valence-corrected chi connectivity index (χ2v) is 9.63. The first-order chi connectivity index (χ1) is 12.8. The quantitative estimate of drug-likeness (QED) is 0.466. The average Bonchev–Trinajstić information content (AvgIpc) is 3.09. The molecule has 3 atom stereocenters. The fraction of sp³-hybridized carbons (Fsp3) is 0.765. The first kappa shape index (κ1) is 19.8. The number of sulfone groups is 1. The van der Waals surface area contributed by atoms with Gasteiger partial charge in [-0.2, -0.15) is 0 Å². The van der Waals surface area contributed by atoms with Crippen molar-refractivity contribution in [3.05, 3.63) is 0 Å². The van der Waals surface area contributed by atoms with Crippen molar-refractivity contribution in [2.75, 3.05) is 24.7 Å².